The normalized spacial score (nSPS) is 12.3. The van der Waals surface area contributed by atoms with Gasteiger partial charge in [-0.15, -0.1) is 11.3 Å². The molecule has 0 saturated carbocycles. The van der Waals surface area contributed by atoms with E-state index in [1.54, 1.807) is 0 Å². The molecule has 0 radical (unpaired) electrons. The third-order valence-electron chi connectivity index (χ3n) is 2.64. The van der Waals surface area contributed by atoms with E-state index in [0.717, 1.165) is 17.0 Å². The maximum absolute atomic E-state index is 12.3. The Hall–Kier alpha value is -0.470. The Bertz CT molecular complexity index is 495. The number of thiophene rings is 1. The maximum Gasteiger partial charge on any atom is 0.242 e. The number of hydrogen-bond donors (Lipinski definition) is 2. The second-order valence-corrected chi connectivity index (χ2v) is 7.32. The first-order chi connectivity index (χ1) is 8.88. The van der Waals surface area contributed by atoms with E-state index in [4.69, 9.17) is 0 Å². The van der Waals surface area contributed by atoms with Crippen LogP contribution in [0, 0.1) is 6.92 Å². The van der Waals surface area contributed by atoms with Crippen LogP contribution in [0.25, 0.3) is 0 Å². The minimum atomic E-state index is -3.41. The largest absolute Gasteiger partial charge is 0.312 e. The molecule has 19 heavy (non-hydrogen) atoms. The quantitative estimate of drug-likeness (QED) is 0.752. The van der Waals surface area contributed by atoms with Crippen LogP contribution in [0.2, 0.25) is 0 Å². The molecule has 0 aliphatic rings. The Morgan fingerprint density at radius 1 is 1.37 bits per heavy atom. The van der Waals surface area contributed by atoms with Gasteiger partial charge in [0.1, 0.15) is 4.90 Å². The van der Waals surface area contributed by atoms with Crippen molar-refractivity contribution < 1.29 is 8.42 Å². The van der Waals surface area contributed by atoms with E-state index in [1.165, 1.54) is 11.3 Å². The van der Waals surface area contributed by atoms with Gasteiger partial charge in [-0.1, -0.05) is 6.92 Å². The van der Waals surface area contributed by atoms with Gasteiger partial charge in [0.2, 0.25) is 10.0 Å². The number of likely N-dealkylation sites (N-methyl/N-ethyl adjacent to an activating group) is 1. The second-order valence-electron chi connectivity index (χ2n) is 4.65. The average molecular weight is 305 g/mol. The molecule has 0 aliphatic carbocycles. The van der Waals surface area contributed by atoms with Gasteiger partial charge in [0.15, 0.2) is 0 Å². The van der Waals surface area contributed by atoms with Gasteiger partial charge in [-0.2, -0.15) is 0 Å². The summed E-state index contributed by atoms with van der Waals surface area (Å²) in [4.78, 5) is 3.26. The Morgan fingerprint density at radius 3 is 2.63 bits per heavy atom. The topological polar surface area (TPSA) is 61.4 Å². The van der Waals surface area contributed by atoms with Crippen LogP contribution in [0.4, 0.5) is 0 Å². The molecule has 1 rings (SSSR count). The van der Waals surface area contributed by atoms with Crippen molar-refractivity contribution in [3.8, 4) is 0 Å². The molecule has 0 aliphatic heterocycles. The molecule has 1 aromatic rings. The van der Waals surface area contributed by atoms with Crippen LogP contribution >= 0.6 is 11.3 Å². The highest BCUT2D eigenvalue weighted by molar-refractivity contribution is 7.89. The molecule has 5 nitrogen and oxygen atoms in total. The lowest BCUT2D eigenvalue weighted by atomic mass is 10.3. The van der Waals surface area contributed by atoms with E-state index in [0.29, 0.717) is 24.5 Å². The highest BCUT2D eigenvalue weighted by atomic mass is 32.2. The molecule has 1 aromatic heterocycles. The van der Waals surface area contributed by atoms with Gasteiger partial charge in [0, 0.05) is 24.5 Å². The Balaban J connectivity index is 2.84. The number of rotatable bonds is 8. The zero-order chi connectivity index (χ0) is 14.5. The maximum atomic E-state index is 12.3. The molecule has 0 unspecified atom stereocenters. The van der Waals surface area contributed by atoms with Crippen molar-refractivity contribution in [2.75, 3.05) is 33.7 Å². The molecule has 0 aromatic carbocycles. The standard InChI is InChI=1S/C12H23N3O2S2/c1-5-13-8-11-12(10(2)9-18-11)19(16,17)14-6-7-15(3)4/h9,13-14H,5-8H2,1-4H3. The van der Waals surface area contributed by atoms with Gasteiger partial charge in [-0.25, -0.2) is 13.1 Å². The Labute approximate surface area is 120 Å². The molecule has 0 atom stereocenters. The zero-order valence-electron chi connectivity index (χ0n) is 12.0. The van der Waals surface area contributed by atoms with Crippen molar-refractivity contribution in [2.24, 2.45) is 0 Å². The molecule has 0 fully saturated rings. The van der Waals surface area contributed by atoms with Crippen LogP contribution < -0.4 is 10.0 Å². The van der Waals surface area contributed by atoms with Crippen LogP contribution in [0.5, 0.6) is 0 Å². The first-order valence-corrected chi connectivity index (χ1v) is 8.66. The first-order valence-electron chi connectivity index (χ1n) is 6.30. The number of hydrogen-bond acceptors (Lipinski definition) is 5. The lowest BCUT2D eigenvalue weighted by Gasteiger charge is -2.12. The highest BCUT2D eigenvalue weighted by Gasteiger charge is 2.22. The Kier molecular flexibility index (Phi) is 6.41. The molecule has 0 saturated heterocycles. The van der Waals surface area contributed by atoms with Crippen LogP contribution in [0.1, 0.15) is 17.4 Å². The van der Waals surface area contributed by atoms with Crippen LogP contribution in [-0.2, 0) is 16.6 Å². The van der Waals surface area contributed by atoms with E-state index in [-0.39, 0.29) is 0 Å². The van der Waals surface area contributed by atoms with Crippen molar-refractivity contribution >= 4 is 21.4 Å². The predicted octanol–water partition coefficient (Wildman–Crippen LogP) is 1.01. The number of nitrogens with zero attached hydrogens (tertiary/aromatic N) is 1. The van der Waals surface area contributed by atoms with E-state index in [1.807, 2.05) is 38.2 Å². The molecule has 2 N–H and O–H groups in total. The van der Waals surface area contributed by atoms with Crippen LogP contribution in [-0.4, -0.2) is 47.0 Å². The zero-order valence-corrected chi connectivity index (χ0v) is 13.6. The summed E-state index contributed by atoms with van der Waals surface area (Å²) in [6.45, 7) is 6.37. The average Bonchev–Trinajstić information content (AvgIpc) is 2.67. The highest BCUT2D eigenvalue weighted by Crippen LogP contribution is 2.26. The van der Waals surface area contributed by atoms with Crippen molar-refractivity contribution in [3.63, 3.8) is 0 Å². The second kappa shape index (κ2) is 7.35. The summed E-state index contributed by atoms with van der Waals surface area (Å²) in [5.41, 5.74) is 0.815. The monoisotopic (exact) mass is 305 g/mol. The lowest BCUT2D eigenvalue weighted by molar-refractivity contribution is 0.412. The van der Waals surface area contributed by atoms with E-state index in [2.05, 4.69) is 10.0 Å². The number of aryl methyl sites for hydroxylation is 1. The summed E-state index contributed by atoms with van der Waals surface area (Å²) >= 11 is 1.49. The number of nitrogens with one attached hydrogen (secondary N) is 2. The fourth-order valence-electron chi connectivity index (χ4n) is 1.68. The molecule has 0 spiro atoms. The fraction of sp³-hybridized carbons (Fsp3) is 0.667. The van der Waals surface area contributed by atoms with Gasteiger partial charge in [-0.05, 0) is 38.5 Å². The first kappa shape index (κ1) is 16.6. The molecule has 110 valence electrons. The molecule has 0 amide bonds. The third-order valence-corrected chi connectivity index (χ3v) is 5.57. The summed E-state index contributed by atoms with van der Waals surface area (Å²) in [7, 11) is 0.424. The summed E-state index contributed by atoms with van der Waals surface area (Å²) < 4.78 is 27.3. The van der Waals surface area contributed by atoms with Gasteiger partial charge in [0.05, 0.1) is 0 Å². The van der Waals surface area contributed by atoms with E-state index < -0.39 is 10.0 Å². The van der Waals surface area contributed by atoms with Gasteiger partial charge in [-0.3, -0.25) is 0 Å². The molecular formula is C12H23N3O2S2. The smallest absolute Gasteiger partial charge is 0.242 e. The summed E-state index contributed by atoms with van der Waals surface area (Å²) in [5, 5.41) is 5.07. The van der Waals surface area contributed by atoms with Crippen LogP contribution in [0.15, 0.2) is 10.3 Å². The molecule has 7 heteroatoms. The molecule has 0 bridgehead atoms. The van der Waals surface area contributed by atoms with Gasteiger partial charge >= 0.3 is 0 Å². The van der Waals surface area contributed by atoms with Crippen molar-refractivity contribution in [1.29, 1.82) is 0 Å². The van der Waals surface area contributed by atoms with E-state index >= 15 is 0 Å². The number of sulfonamides is 1. The van der Waals surface area contributed by atoms with E-state index in [9.17, 15) is 8.42 Å². The molecule has 1 heterocycles. The SMILES string of the molecule is CCNCc1scc(C)c1S(=O)(=O)NCCN(C)C. The summed E-state index contributed by atoms with van der Waals surface area (Å²) in [5.74, 6) is 0. The van der Waals surface area contributed by atoms with Gasteiger partial charge in [0.25, 0.3) is 0 Å². The lowest BCUT2D eigenvalue weighted by Crippen LogP contribution is -2.32. The minimum Gasteiger partial charge on any atom is -0.312 e. The summed E-state index contributed by atoms with van der Waals surface area (Å²) in [6, 6.07) is 0. The minimum absolute atomic E-state index is 0.422. The van der Waals surface area contributed by atoms with Crippen LogP contribution in [0.3, 0.4) is 0 Å². The van der Waals surface area contributed by atoms with Crippen molar-refractivity contribution in [3.05, 3.63) is 15.8 Å². The van der Waals surface area contributed by atoms with Gasteiger partial charge < -0.3 is 10.2 Å². The third kappa shape index (κ3) is 4.85. The molecular weight excluding hydrogens is 282 g/mol. The summed E-state index contributed by atoms with van der Waals surface area (Å²) in [6.07, 6.45) is 0. The Morgan fingerprint density at radius 2 is 2.05 bits per heavy atom. The predicted molar refractivity (Wildman–Crippen MR) is 80.2 cm³/mol. The van der Waals surface area contributed by atoms with Crippen molar-refractivity contribution in [1.82, 2.24) is 14.9 Å². The van der Waals surface area contributed by atoms with Crippen molar-refractivity contribution in [2.45, 2.75) is 25.3 Å². The fourth-order valence-corrected chi connectivity index (χ4v) is 4.48.